The van der Waals surface area contributed by atoms with E-state index in [-0.39, 0.29) is 11.8 Å². The second-order valence-electron chi connectivity index (χ2n) is 3.45. The number of nitriles is 1. The Morgan fingerprint density at radius 3 is 2.71 bits per heavy atom. The average molecular weight is 196 g/mol. The third kappa shape index (κ3) is 5.58. The lowest BCUT2D eigenvalue weighted by Gasteiger charge is -2.13. The molecule has 3 nitrogen and oxygen atoms in total. The molecular weight excluding hydrogens is 176 g/mol. The maximum absolute atomic E-state index is 11.5. The molecule has 1 amide bonds. The van der Waals surface area contributed by atoms with Crippen LogP contribution in [-0.2, 0) is 4.79 Å². The minimum absolute atomic E-state index is 0.108. The van der Waals surface area contributed by atoms with E-state index in [2.05, 4.69) is 12.2 Å². The van der Waals surface area contributed by atoms with E-state index >= 15 is 0 Å². The number of hydrogen-bond acceptors (Lipinski definition) is 2. The number of rotatable bonds is 7. The molecule has 0 rings (SSSR count). The highest BCUT2D eigenvalue weighted by molar-refractivity contribution is 5.78. The zero-order valence-corrected chi connectivity index (χ0v) is 9.18. The zero-order valence-electron chi connectivity index (χ0n) is 9.18. The first-order valence-electron chi connectivity index (χ1n) is 5.40. The predicted molar refractivity (Wildman–Crippen MR) is 56.5 cm³/mol. The maximum atomic E-state index is 11.5. The molecule has 0 aliphatic heterocycles. The third-order valence-corrected chi connectivity index (χ3v) is 2.31. The van der Waals surface area contributed by atoms with Crippen molar-refractivity contribution in [3.05, 3.63) is 0 Å². The fourth-order valence-corrected chi connectivity index (χ4v) is 1.36. The number of amides is 1. The Kier molecular flexibility index (Phi) is 7.92. The number of nitrogens with zero attached hydrogens (tertiary/aromatic N) is 1. The van der Waals surface area contributed by atoms with Gasteiger partial charge in [-0.15, -0.1) is 0 Å². The summed E-state index contributed by atoms with van der Waals surface area (Å²) < 4.78 is 0. The van der Waals surface area contributed by atoms with E-state index in [9.17, 15) is 4.79 Å². The fourth-order valence-electron chi connectivity index (χ4n) is 1.36. The summed E-state index contributed by atoms with van der Waals surface area (Å²) in [6, 6.07) is 2.01. The molecule has 1 unspecified atom stereocenters. The molecular formula is C11H20N2O. The summed E-state index contributed by atoms with van der Waals surface area (Å²) in [7, 11) is 0. The number of carbonyl (C=O) groups excluding carboxylic acids is 1. The van der Waals surface area contributed by atoms with Crippen LogP contribution in [0.1, 0.15) is 46.0 Å². The van der Waals surface area contributed by atoms with Gasteiger partial charge >= 0.3 is 0 Å². The molecule has 80 valence electrons. The molecule has 0 radical (unpaired) electrons. The first-order valence-corrected chi connectivity index (χ1v) is 5.40. The highest BCUT2D eigenvalue weighted by Crippen LogP contribution is 2.12. The van der Waals surface area contributed by atoms with E-state index in [0.29, 0.717) is 13.0 Å². The Balaban J connectivity index is 3.74. The van der Waals surface area contributed by atoms with E-state index in [0.717, 1.165) is 25.7 Å². The van der Waals surface area contributed by atoms with Crippen molar-refractivity contribution in [2.24, 2.45) is 5.92 Å². The van der Waals surface area contributed by atoms with Gasteiger partial charge in [0.25, 0.3) is 0 Å². The fraction of sp³-hybridized carbons (Fsp3) is 0.818. The minimum Gasteiger partial charge on any atom is -0.355 e. The highest BCUT2D eigenvalue weighted by atomic mass is 16.1. The van der Waals surface area contributed by atoms with Crippen molar-refractivity contribution < 1.29 is 4.79 Å². The first kappa shape index (κ1) is 13.0. The quantitative estimate of drug-likeness (QED) is 0.635. The molecule has 0 heterocycles. The molecule has 0 aromatic rings. The topological polar surface area (TPSA) is 52.9 Å². The Morgan fingerprint density at radius 2 is 2.21 bits per heavy atom. The Bertz CT molecular complexity index is 196. The number of carbonyl (C=O) groups is 1. The average Bonchev–Trinajstić information content (AvgIpc) is 2.19. The molecule has 0 spiro atoms. The van der Waals surface area contributed by atoms with E-state index in [1.54, 1.807) is 0 Å². The van der Waals surface area contributed by atoms with Crippen LogP contribution < -0.4 is 5.32 Å². The molecule has 0 fully saturated rings. The van der Waals surface area contributed by atoms with Crippen LogP contribution in [0, 0.1) is 17.2 Å². The summed E-state index contributed by atoms with van der Waals surface area (Å²) in [6.45, 7) is 4.64. The van der Waals surface area contributed by atoms with Gasteiger partial charge in [0.2, 0.25) is 5.91 Å². The summed E-state index contributed by atoms with van der Waals surface area (Å²) >= 11 is 0. The van der Waals surface area contributed by atoms with Crippen molar-refractivity contribution in [2.75, 3.05) is 6.54 Å². The largest absolute Gasteiger partial charge is 0.355 e. The highest BCUT2D eigenvalue weighted by Gasteiger charge is 2.14. The molecule has 0 aliphatic carbocycles. The van der Waals surface area contributed by atoms with Gasteiger partial charge in [0, 0.05) is 12.5 Å². The van der Waals surface area contributed by atoms with Crippen LogP contribution in [0.2, 0.25) is 0 Å². The second-order valence-corrected chi connectivity index (χ2v) is 3.45. The Hall–Kier alpha value is -1.04. The van der Waals surface area contributed by atoms with Gasteiger partial charge in [-0.1, -0.05) is 26.7 Å². The lowest BCUT2D eigenvalue weighted by molar-refractivity contribution is -0.125. The van der Waals surface area contributed by atoms with Crippen molar-refractivity contribution >= 4 is 5.91 Å². The van der Waals surface area contributed by atoms with Crippen molar-refractivity contribution in [1.29, 1.82) is 5.26 Å². The smallest absolute Gasteiger partial charge is 0.223 e. The van der Waals surface area contributed by atoms with Gasteiger partial charge in [0.15, 0.2) is 0 Å². The van der Waals surface area contributed by atoms with Crippen molar-refractivity contribution in [1.82, 2.24) is 5.32 Å². The first-order chi connectivity index (χ1) is 6.76. The molecule has 0 saturated heterocycles. The maximum Gasteiger partial charge on any atom is 0.223 e. The Morgan fingerprint density at radius 1 is 1.50 bits per heavy atom. The van der Waals surface area contributed by atoms with Crippen LogP contribution in [0.25, 0.3) is 0 Å². The standard InChI is InChI=1S/C11H20N2O/c1-3-5-7-10(4-2)11(14)13-9-6-8-12/h10H,3-7,9H2,1-2H3,(H,13,14). The van der Waals surface area contributed by atoms with Gasteiger partial charge in [0.05, 0.1) is 12.5 Å². The molecule has 14 heavy (non-hydrogen) atoms. The number of nitrogens with one attached hydrogen (secondary N) is 1. The van der Waals surface area contributed by atoms with Crippen molar-refractivity contribution in [3.8, 4) is 6.07 Å². The number of unbranched alkanes of at least 4 members (excludes halogenated alkanes) is 1. The van der Waals surface area contributed by atoms with Crippen LogP contribution in [0.3, 0.4) is 0 Å². The zero-order chi connectivity index (χ0) is 10.8. The van der Waals surface area contributed by atoms with Crippen molar-refractivity contribution in [2.45, 2.75) is 46.0 Å². The van der Waals surface area contributed by atoms with Crippen molar-refractivity contribution in [3.63, 3.8) is 0 Å². The van der Waals surface area contributed by atoms with Gasteiger partial charge in [-0.2, -0.15) is 5.26 Å². The van der Waals surface area contributed by atoms with E-state index in [1.165, 1.54) is 0 Å². The molecule has 1 N–H and O–H groups in total. The molecule has 3 heteroatoms. The normalized spacial score (nSPS) is 11.8. The van der Waals surface area contributed by atoms with Gasteiger partial charge in [-0.25, -0.2) is 0 Å². The molecule has 0 aromatic heterocycles. The van der Waals surface area contributed by atoms with Gasteiger partial charge in [-0.3, -0.25) is 4.79 Å². The van der Waals surface area contributed by atoms with Crippen LogP contribution in [0.4, 0.5) is 0 Å². The summed E-state index contributed by atoms with van der Waals surface area (Å²) in [6.07, 6.45) is 4.48. The predicted octanol–water partition coefficient (Wildman–Crippen LogP) is 2.23. The summed E-state index contributed by atoms with van der Waals surface area (Å²) in [5.41, 5.74) is 0. The Labute approximate surface area is 86.5 Å². The molecule has 0 saturated carbocycles. The van der Waals surface area contributed by atoms with Gasteiger partial charge in [0.1, 0.15) is 0 Å². The second kappa shape index (κ2) is 8.55. The van der Waals surface area contributed by atoms with E-state index < -0.39 is 0 Å². The van der Waals surface area contributed by atoms with E-state index in [4.69, 9.17) is 5.26 Å². The minimum atomic E-state index is 0.108. The summed E-state index contributed by atoms with van der Waals surface area (Å²) in [4.78, 5) is 11.5. The molecule has 0 aromatic carbocycles. The number of hydrogen-bond donors (Lipinski definition) is 1. The lowest BCUT2D eigenvalue weighted by atomic mass is 9.98. The lowest BCUT2D eigenvalue weighted by Crippen LogP contribution is -2.31. The van der Waals surface area contributed by atoms with Gasteiger partial charge in [-0.05, 0) is 12.8 Å². The molecule has 0 bridgehead atoms. The summed E-state index contributed by atoms with van der Waals surface area (Å²) in [5, 5.41) is 11.1. The molecule has 0 aliphatic rings. The molecule has 1 atom stereocenters. The SMILES string of the molecule is CCCCC(CC)C(=O)NCCC#N. The van der Waals surface area contributed by atoms with Crippen LogP contribution in [0.5, 0.6) is 0 Å². The monoisotopic (exact) mass is 196 g/mol. The van der Waals surface area contributed by atoms with Crippen LogP contribution in [0.15, 0.2) is 0 Å². The third-order valence-electron chi connectivity index (χ3n) is 2.31. The van der Waals surface area contributed by atoms with E-state index in [1.807, 2.05) is 13.0 Å². The van der Waals surface area contributed by atoms with Crippen LogP contribution in [-0.4, -0.2) is 12.5 Å². The van der Waals surface area contributed by atoms with Crippen LogP contribution >= 0.6 is 0 Å². The summed E-state index contributed by atoms with van der Waals surface area (Å²) in [5.74, 6) is 0.241. The van der Waals surface area contributed by atoms with Gasteiger partial charge < -0.3 is 5.32 Å².